The lowest BCUT2D eigenvalue weighted by Gasteiger charge is -2.17. The molecule has 0 aliphatic heterocycles. The number of likely N-dealkylation sites (N-methyl/N-ethyl adjacent to an activating group) is 1. The predicted molar refractivity (Wildman–Crippen MR) is 50.8 cm³/mol. The summed E-state index contributed by atoms with van der Waals surface area (Å²) in [6.45, 7) is 0.275. The van der Waals surface area contributed by atoms with Gasteiger partial charge in [0, 0.05) is 18.3 Å². The third-order valence-electron chi connectivity index (χ3n) is 1.86. The molecule has 14 heavy (non-hydrogen) atoms. The number of aliphatic hydroxyl groups excluding tert-OH is 2. The van der Waals surface area contributed by atoms with Gasteiger partial charge in [-0.25, -0.2) is 0 Å². The standard InChI is InChI=1S/C9H14N2O3/c1-10-5-8(13)9(14)6-2-7(12)4-11-3-6/h2-4,8-10,12-14H,5H2,1H3. The summed E-state index contributed by atoms with van der Waals surface area (Å²) in [5.41, 5.74) is 0.396. The van der Waals surface area contributed by atoms with E-state index in [0.29, 0.717) is 5.56 Å². The van der Waals surface area contributed by atoms with Gasteiger partial charge in [0.25, 0.3) is 0 Å². The first-order chi connectivity index (χ1) is 6.65. The molecule has 5 nitrogen and oxygen atoms in total. The van der Waals surface area contributed by atoms with Crippen molar-refractivity contribution in [2.24, 2.45) is 0 Å². The SMILES string of the molecule is CNCC(O)C(O)c1cncc(O)c1. The van der Waals surface area contributed by atoms with Crippen molar-refractivity contribution >= 4 is 0 Å². The maximum Gasteiger partial charge on any atom is 0.134 e. The van der Waals surface area contributed by atoms with E-state index in [4.69, 9.17) is 5.11 Å². The summed E-state index contributed by atoms with van der Waals surface area (Å²) in [6, 6.07) is 1.37. The molecule has 0 aliphatic rings. The Morgan fingerprint density at radius 3 is 2.71 bits per heavy atom. The molecule has 1 aromatic heterocycles. The first-order valence-corrected chi connectivity index (χ1v) is 4.29. The molecule has 5 heteroatoms. The van der Waals surface area contributed by atoms with Crippen molar-refractivity contribution < 1.29 is 15.3 Å². The largest absolute Gasteiger partial charge is 0.506 e. The summed E-state index contributed by atoms with van der Waals surface area (Å²) in [7, 11) is 1.68. The molecule has 0 saturated heterocycles. The summed E-state index contributed by atoms with van der Waals surface area (Å²) in [5, 5.41) is 30.9. The summed E-state index contributed by atoms with van der Waals surface area (Å²) in [6.07, 6.45) is 0.717. The molecule has 0 aliphatic carbocycles. The van der Waals surface area contributed by atoms with Crippen LogP contribution in [-0.4, -0.2) is 40.0 Å². The minimum absolute atomic E-state index is 0.0294. The van der Waals surface area contributed by atoms with E-state index in [1.807, 2.05) is 0 Å². The van der Waals surface area contributed by atoms with Gasteiger partial charge >= 0.3 is 0 Å². The van der Waals surface area contributed by atoms with Gasteiger partial charge in [-0.1, -0.05) is 0 Å². The highest BCUT2D eigenvalue weighted by atomic mass is 16.3. The summed E-state index contributed by atoms with van der Waals surface area (Å²) in [4.78, 5) is 3.71. The Labute approximate surface area is 82.0 Å². The summed E-state index contributed by atoms with van der Waals surface area (Å²) in [5.74, 6) is -0.0294. The van der Waals surface area contributed by atoms with Crippen LogP contribution in [0.1, 0.15) is 11.7 Å². The van der Waals surface area contributed by atoms with E-state index >= 15 is 0 Å². The smallest absolute Gasteiger partial charge is 0.134 e. The number of hydrogen-bond acceptors (Lipinski definition) is 5. The van der Waals surface area contributed by atoms with Crippen molar-refractivity contribution in [3.63, 3.8) is 0 Å². The highest BCUT2D eigenvalue weighted by Crippen LogP contribution is 2.19. The number of aromatic hydroxyl groups is 1. The van der Waals surface area contributed by atoms with Crippen LogP contribution in [0.4, 0.5) is 0 Å². The molecule has 0 aromatic carbocycles. The fourth-order valence-electron chi connectivity index (χ4n) is 1.15. The Bertz CT molecular complexity index is 293. The van der Waals surface area contributed by atoms with Gasteiger partial charge in [0.15, 0.2) is 0 Å². The first kappa shape index (κ1) is 10.9. The predicted octanol–water partition coefficient (Wildman–Crippen LogP) is -0.599. The van der Waals surface area contributed by atoms with E-state index < -0.39 is 12.2 Å². The molecular formula is C9H14N2O3. The van der Waals surface area contributed by atoms with Gasteiger partial charge in [-0.3, -0.25) is 4.98 Å². The molecule has 78 valence electrons. The second-order valence-electron chi connectivity index (χ2n) is 3.05. The molecule has 0 amide bonds. The van der Waals surface area contributed by atoms with Crippen LogP contribution in [0.25, 0.3) is 0 Å². The van der Waals surface area contributed by atoms with Gasteiger partial charge in [0.2, 0.25) is 0 Å². The molecule has 0 bridgehead atoms. The number of aromatic nitrogens is 1. The molecule has 0 saturated carbocycles. The number of rotatable bonds is 4. The fraction of sp³-hybridized carbons (Fsp3) is 0.444. The second kappa shape index (κ2) is 4.90. The summed E-state index contributed by atoms with van der Waals surface area (Å²) >= 11 is 0. The van der Waals surface area contributed by atoms with Crippen LogP contribution in [0.2, 0.25) is 0 Å². The molecule has 2 unspecified atom stereocenters. The lowest BCUT2D eigenvalue weighted by atomic mass is 10.1. The van der Waals surface area contributed by atoms with Crippen molar-refractivity contribution in [1.82, 2.24) is 10.3 Å². The monoisotopic (exact) mass is 198 g/mol. The Balaban J connectivity index is 2.73. The van der Waals surface area contributed by atoms with E-state index in [1.54, 1.807) is 7.05 Å². The van der Waals surface area contributed by atoms with Crippen LogP contribution in [-0.2, 0) is 0 Å². The maximum absolute atomic E-state index is 9.60. The van der Waals surface area contributed by atoms with E-state index in [1.165, 1.54) is 18.5 Å². The average Bonchev–Trinajstić information content (AvgIpc) is 2.17. The van der Waals surface area contributed by atoms with E-state index in [0.717, 1.165) is 0 Å². The molecule has 1 aromatic rings. The molecule has 4 N–H and O–H groups in total. The van der Waals surface area contributed by atoms with Crippen LogP contribution in [0.5, 0.6) is 5.75 Å². The maximum atomic E-state index is 9.60. The van der Waals surface area contributed by atoms with Crippen molar-refractivity contribution in [1.29, 1.82) is 0 Å². The Morgan fingerprint density at radius 1 is 1.43 bits per heavy atom. The number of pyridine rings is 1. The van der Waals surface area contributed by atoms with Gasteiger partial charge in [0.05, 0.1) is 12.3 Å². The lowest BCUT2D eigenvalue weighted by molar-refractivity contribution is 0.0199. The summed E-state index contributed by atoms with van der Waals surface area (Å²) < 4.78 is 0. The van der Waals surface area contributed by atoms with Gasteiger partial charge in [0.1, 0.15) is 11.9 Å². The molecular weight excluding hydrogens is 184 g/mol. The third-order valence-corrected chi connectivity index (χ3v) is 1.86. The zero-order valence-corrected chi connectivity index (χ0v) is 7.88. The minimum atomic E-state index is -1.04. The Morgan fingerprint density at radius 2 is 2.14 bits per heavy atom. The molecule has 1 rings (SSSR count). The molecule has 0 radical (unpaired) electrons. The van der Waals surface area contributed by atoms with Crippen molar-refractivity contribution in [2.45, 2.75) is 12.2 Å². The highest BCUT2D eigenvalue weighted by Gasteiger charge is 2.17. The Kier molecular flexibility index (Phi) is 3.82. The first-order valence-electron chi connectivity index (χ1n) is 4.29. The molecule has 0 spiro atoms. The normalized spacial score (nSPS) is 15.1. The molecule has 1 heterocycles. The van der Waals surface area contributed by atoms with Crippen LogP contribution < -0.4 is 5.32 Å². The van der Waals surface area contributed by atoms with Gasteiger partial charge < -0.3 is 20.6 Å². The fourth-order valence-corrected chi connectivity index (χ4v) is 1.15. The lowest BCUT2D eigenvalue weighted by Crippen LogP contribution is -2.29. The van der Waals surface area contributed by atoms with Crippen LogP contribution >= 0.6 is 0 Å². The number of nitrogens with zero attached hydrogens (tertiary/aromatic N) is 1. The van der Waals surface area contributed by atoms with Gasteiger partial charge in [-0.2, -0.15) is 0 Å². The number of nitrogens with one attached hydrogen (secondary N) is 1. The quantitative estimate of drug-likeness (QED) is 0.519. The second-order valence-corrected chi connectivity index (χ2v) is 3.05. The van der Waals surface area contributed by atoms with Gasteiger partial charge in [-0.05, 0) is 13.1 Å². The zero-order chi connectivity index (χ0) is 10.6. The topological polar surface area (TPSA) is 85.6 Å². The highest BCUT2D eigenvalue weighted by molar-refractivity contribution is 5.24. The minimum Gasteiger partial charge on any atom is -0.506 e. The van der Waals surface area contributed by atoms with Crippen LogP contribution in [0.15, 0.2) is 18.5 Å². The number of aliphatic hydroxyl groups is 2. The molecule has 0 fully saturated rings. The third kappa shape index (κ3) is 2.66. The van der Waals surface area contributed by atoms with Crippen molar-refractivity contribution in [3.8, 4) is 5.75 Å². The van der Waals surface area contributed by atoms with Crippen LogP contribution in [0.3, 0.4) is 0 Å². The van der Waals surface area contributed by atoms with E-state index in [9.17, 15) is 10.2 Å². The van der Waals surface area contributed by atoms with E-state index in [2.05, 4.69) is 10.3 Å². The van der Waals surface area contributed by atoms with E-state index in [-0.39, 0.29) is 12.3 Å². The number of hydrogen-bond donors (Lipinski definition) is 4. The van der Waals surface area contributed by atoms with Gasteiger partial charge in [-0.15, -0.1) is 0 Å². The molecule has 2 atom stereocenters. The zero-order valence-electron chi connectivity index (χ0n) is 7.88. The van der Waals surface area contributed by atoms with Crippen molar-refractivity contribution in [2.75, 3.05) is 13.6 Å². The van der Waals surface area contributed by atoms with Crippen molar-refractivity contribution in [3.05, 3.63) is 24.0 Å². The average molecular weight is 198 g/mol. The van der Waals surface area contributed by atoms with Crippen LogP contribution in [0, 0.1) is 0 Å². The Hall–Kier alpha value is -1.17.